The molecule has 5 rings (SSSR count). The summed E-state index contributed by atoms with van der Waals surface area (Å²) in [7, 11) is 1.49. The van der Waals surface area contributed by atoms with Crippen LogP contribution in [0.15, 0.2) is 58.4 Å². The topological polar surface area (TPSA) is 164 Å². The number of hydrogen-bond donors (Lipinski definition) is 2. The summed E-state index contributed by atoms with van der Waals surface area (Å²) in [4.78, 5) is 32.8. The first-order valence-corrected chi connectivity index (χ1v) is 13.2. The molecule has 1 aliphatic rings. The predicted molar refractivity (Wildman–Crippen MR) is 146 cm³/mol. The van der Waals surface area contributed by atoms with Crippen LogP contribution in [0, 0.1) is 11.3 Å². The van der Waals surface area contributed by atoms with E-state index in [9.17, 15) is 20.0 Å². The molecule has 13 nitrogen and oxygen atoms in total. The van der Waals surface area contributed by atoms with E-state index in [2.05, 4.69) is 31.5 Å². The summed E-state index contributed by atoms with van der Waals surface area (Å²) >= 11 is 0. The number of amides is 1. The molecule has 0 spiro atoms. The molecule has 1 aliphatic heterocycles. The van der Waals surface area contributed by atoms with Gasteiger partial charge in [-0.25, -0.2) is 4.98 Å². The van der Waals surface area contributed by atoms with Crippen LogP contribution in [0.25, 0.3) is 0 Å². The van der Waals surface area contributed by atoms with Crippen LogP contribution >= 0.6 is 0 Å². The first kappa shape index (κ1) is 27.8. The molecule has 4 aromatic rings. The maximum Gasteiger partial charge on any atom is 0.296 e. The molecule has 1 saturated heterocycles. The largest absolute Gasteiger partial charge is 0.501 e. The second-order valence-electron chi connectivity index (χ2n) is 9.85. The van der Waals surface area contributed by atoms with Gasteiger partial charge in [0.05, 0.1) is 43.8 Å². The summed E-state index contributed by atoms with van der Waals surface area (Å²) in [6.07, 6.45) is 6.19. The lowest BCUT2D eigenvalue weighted by Crippen LogP contribution is -2.38. The lowest BCUT2D eigenvalue weighted by Gasteiger charge is -2.26. The minimum Gasteiger partial charge on any atom is -0.501 e. The number of hydrogen-bond acceptors (Lipinski definition) is 10. The molecule has 1 amide bonds. The summed E-state index contributed by atoms with van der Waals surface area (Å²) in [5, 5.41) is 31.1. The molecule has 1 aromatic carbocycles. The van der Waals surface area contributed by atoms with Gasteiger partial charge in [-0.2, -0.15) is 10.4 Å². The van der Waals surface area contributed by atoms with Gasteiger partial charge in [-0.05, 0) is 17.2 Å². The number of carbonyl (C=O) groups excluding carboxylic acids is 1. The van der Waals surface area contributed by atoms with Crippen molar-refractivity contribution in [3.63, 3.8) is 0 Å². The number of benzene rings is 1. The van der Waals surface area contributed by atoms with Gasteiger partial charge < -0.3 is 19.7 Å². The van der Waals surface area contributed by atoms with Crippen LogP contribution in [-0.4, -0.2) is 73.2 Å². The number of nitrogens with zero attached hydrogens (tertiary/aromatic N) is 7. The Morgan fingerprint density at radius 1 is 1.22 bits per heavy atom. The molecule has 0 bridgehead atoms. The highest BCUT2D eigenvalue weighted by molar-refractivity contribution is 6.04. The molecule has 2 N–H and O–H groups in total. The molecule has 0 aliphatic carbocycles. The van der Waals surface area contributed by atoms with Gasteiger partial charge in [-0.3, -0.25) is 23.7 Å². The van der Waals surface area contributed by atoms with Crippen molar-refractivity contribution in [1.29, 1.82) is 5.26 Å². The van der Waals surface area contributed by atoms with E-state index >= 15 is 0 Å². The van der Waals surface area contributed by atoms with E-state index in [0.717, 1.165) is 30.8 Å². The number of nitrogens with one attached hydrogen (secondary N) is 1. The van der Waals surface area contributed by atoms with Crippen molar-refractivity contribution in [3.8, 4) is 11.8 Å². The third kappa shape index (κ3) is 5.88. The molecule has 2 atom stereocenters. The zero-order chi connectivity index (χ0) is 28.9. The number of ether oxygens (including phenoxy) is 1. The monoisotopic (exact) mass is 558 g/mol. The van der Waals surface area contributed by atoms with Gasteiger partial charge in [0.25, 0.3) is 11.5 Å². The van der Waals surface area contributed by atoms with Crippen LogP contribution in [0.1, 0.15) is 51.8 Å². The number of anilines is 1. The summed E-state index contributed by atoms with van der Waals surface area (Å²) in [5.41, 5.74) is 1.07. The van der Waals surface area contributed by atoms with Gasteiger partial charge in [0.15, 0.2) is 5.69 Å². The molecule has 0 unspecified atom stereocenters. The fourth-order valence-corrected chi connectivity index (χ4v) is 5.12. The molecule has 1 fully saturated rings. The number of rotatable bonds is 9. The Balaban J connectivity index is 1.52. The first-order chi connectivity index (χ1) is 19.9. The second-order valence-corrected chi connectivity index (χ2v) is 9.85. The third-order valence-electron chi connectivity index (χ3n) is 7.29. The summed E-state index contributed by atoms with van der Waals surface area (Å²) < 4.78 is 13.3. The van der Waals surface area contributed by atoms with Crippen molar-refractivity contribution in [1.82, 2.24) is 29.4 Å². The van der Waals surface area contributed by atoms with E-state index in [4.69, 9.17) is 9.26 Å². The zero-order valence-electron chi connectivity index (χ0n) is 22.7. The van der Waals surface area contributed by atoms with E-state index in [1.165, 1.54) is 24.1 Å². The number of carbonyl (C=O) groups is 1. The van der Waals surface area contributed by atoms with E-state index in [-0.39, 0.29) is 11.5 Å². The number of morpholine rings is 1. The number of aromatic nitrogens is 5. The minimum atomic E-state index is -0.790. The SMILES string of the molecule is C[C@H](c1nc(C(=O)Nc2cnoc2)c(O)c(=O)n1C)[C@@H](c1cnn(CCN2CCOCC2)c1)c1ccccc1C#N. The molecule has 13 heteroatoms. The molecule has 41 heavy (non-hydrogen) atoms. The smallest absolute Gasteiger partial charge is 0.296 e. The van der Waals surface area contributed by atoms with Crippen molar-refractivity contribution < 1.29 is 19.2 Å². The Morgan fingerprint density at radius 2 is 2.00 bits per heavy atom. The maximum absolute atomic E-state index is 13.1. The predicted octanol–water partition coefficient (Wildman–Crippen LogP) is 2.06. The maximum atomic E-state index is 13.1. The Hall–Kier alpha value is -4.80. The van der Waals surface area contributed by atoms with Gasteiger partial charge >= 0.3 is 0 Å². The van der Waals surface area contributed by atoms with Crippen molar-refractivity contribution in [2.45, 2.75) is 25.3 Å². The molecule has 4 heterocycles. The Morgan fingerprint density at radius 3 is 2.73 bits per heavy atom. The van der Waals surface area contributed by atoms with Crippen molar-refractivity contribution in [2.24, 2.45) is 7.05 Å². The number of aromatic hydroxyl groups is 1. The molecule has 0 radical (unpaired) electrons. The van der Waals surface area contributed by atoms with Gasteiger partial charge in [0.2, 0.25) is 5.75 Å². The highest BCUT2D eigenvalue weighted by Crippen LogP contribution is 2.39. The van der Waals surface area contributed by atoms with Gasteiger partial charge in [-0.1, -0.05) is 30.3 Å². The van der Waals surface area contributed by atoms with Crippen LogP contribution < -0.4 is 10.9 Å². The average molecular weight is 559 g/mol. The standard InChI is InChI=1S/C28H30N8O5/c1-18(26-33-24(25(37)28(39)34(26)2)27(38)32-21-15-31-41-17-21)23(22-6-4-3-5-19(22)13-29)20-14-30-36(16-20)8-7-35-9-11-40-12-10-35/h3-6,14-18,23,37H,7-12H2,1-2H3,(H,32,38)/t18-,23-/m0/s1. The lowest BCUT2D eigenvalue weighted by atomic mass is 9.80. The fraction of sp³-hybridized carbons (Fsp3) is 0.357. The quantitative estimate of drug-likeness (QED) is 0.311. The van der Waals surface area contributed by atoms with E-state index < -0.39 is 34.7 Å². The van der Waals surface area contributed by atoms with Crippen LogP contribution in [0.4, 0.5) is 5.69 Å². The van der Waals surface area contributed by atoms with Gasteiger partial charge in [0, 0.05) is 44.7 Å². The molecule has 0 saturated carbocycles. The molecule has 212 valence electrons. The molecular weight excluding hydrogens is 528 g/mol. The van der Waals surface area contributed by atoms with Crippen LogP contribution in [0.2, 0.25) is 0 Å². The van der Waals surface area contributed by atoms with Gasteiger partial charge in [-0.15, -0.1) is 0 Å². The summed E-state index contributed by atoms with van der Waals surface area (Å²) in [5.74, 6) is -2.27. The zero-order valence-corrected chi connectivity index (χ0v) is 22.7. The average Bonchev–Trinajstić information content (AvgIpc) is 3.68. The van der Waals surface area contributed by atoms with E-state index in [1.807, 2.05) is 29.9 Å². The Labute approximate surface area is 235 Å². The number of nitriles is 1. The van der Waals surface area contributed by atoms with Gasteiger partial charge in [0.1, 0.15) is 17.8 Å². The van der Waals surface area contributed by atoms with E-state index in [1.54, 1.807) is 18.3 Å². The first-order valence-electron chi connectivity index (χ1n) is 13.2. The third-order valence-corrected chi connectivity index (χ3v) is 7.29. The van der Waals surface area contributed by atoms with Crippen LogP contribution in [0.5, 0.6) is 5.75 Å². The molecule has 3 aromatic heterocycles. The summed E-state index contributed by atoms with van der Waals surface area (Å²) in [6, 6.07) is 9.50. The minimum absolute atomic E-state index is 0.247. The van der Waals surface area contributed by atoms with Crippen LogP contribution in [0.3, 0.4) is 0 Å². The van der Waals surface area contributed by atoms with Crippen molar-refractivity contribution in [3.05, 3.63) is 87.7 Å². The Kier molecular flexibility index (Phi) is 8.23. The Bertz CT molecular complexity index is 1620. The van der Waals surface area contributed by atoms with Crippen molar-refractivity contribution >= 4 is 11.6 Å². The van der Waals surface area contributed by atoms with Crippen LogP contribution in [-0.2, 0) is 18.3 Å². The highest BCUT2D eigenvalue weighted by Gasteiger charge is 2.31. The normalized spacial score (nSPS) is 15.2. The fourth-order valence-electron chi connectivity index (χ4n) is 5.12. The van der Waals surface area contributed by atoms with Crippen molar-refractivity contribution in [2.75, 3.05) is 38.2 Å². The highest BCUT2D eigenvalue weighted by atomic mass is 16.5. The second kappa shape index (κ2) is 12.2. The molecular formula is C28H30N8O5. The lowest BCUT2D eigenvalue weighted by molar-refractivity contribution is 0.0359. The summed E-state index contributed by atoms with van der Waals surface area (Å²) in [6.45, 7) is 6.53. The van der Waals surface area contributed by atoms with E-state index in [0.29, 0.717) is 25.3 Å².